The standard InChI is InChI=1S/C24H31FN2O2S/c1-5-18(3)26-24(29)19(4)27(14-21-11-6-7-12-22(21)25)23(28)16-30-15-20-10-8-9-17(2)13-20/h6-13,18-19H,5,14-16H2,1-4H3,(H,26,29)/t18-,19-/m0/s1. The van der Waals surface area contributed by atoms with Gasteiger partial charge >= 0.3 is 0 Å². The van der Waals surface area contributed by atoms with Gasteiger partial charge in [-0.15, -0.1) is 11.8 Å². The van der Waals surface area contributed by atoms with E-state index in [9.17, 15) is 14.0 Å². The van der Waals surface area contributed by atoms with Gasteiger partial charge in [0.2, 0.25) is 11.8 Å². The third-order valence-electron chi connectivity index (χ3n) is 5.04. The van der Waals surface area contributed by atoms with E-state index in [1.807, 2.05) is 39.0 Å². The molecule has 6 heteroatoms. The summed E-state index contributed by atoms with van der Waals surface area (Å²) in [6.07, 6.45) is 0.798. The van der Waals surface area contributed by atoms with Crippen LogP contribution in [0.2, 0.25) is 0 Å². The van der Waals surface area contributed by atoms with Crippen LogP contribution in [0.4, 0.5) is 4.39 Å². The molecular weight excluding hydrogens is 399 g/mol. The minimum Gasteiger partial charge on any atom is -0.352 e. The second-order valence-corrected chi connectivity index (χ2v) is 8.57. The molecule has 0 unspecified atom stereocenters. The van der Waals surface area contributed by atoms with E-state index in [0.29, 0.717) is 11.3 Å². The third-order valence-corrected chi connectivity index (χ3v) is 6.03. The van der Waals surface area contributed by atoms with Crippen LogP contribution in [0.25, 0.3) is 0 Å². The number of nitrogens with zero attached hydrogens (tertiary/aromatic N) is 1. The van der Waals surface area contributed by atoms with Crippen LogP contribution >= 0.6 is 11.8 Å². The molecule has 2 amide bonds. The van der Waals surface area contributed by atoms with Gasteiger partial charge in [-0.2, -0.15) is 0 Å². The van der Waals surface area contributed by atoms with Crippen LogP contribution < -0.4 is 5.32 Å². The Kier molecular flexibility index (Phi) is 9.37. The van der Waals surface area contributed by atoms with Crippen LogP contribution in [0.15, 0.2) is 48.5 Å². The number of halogens is 1. The SMILES string of the molecule is CC[C@H](C)NC(=O)[C@H](C)N(Cc1ccccc1F)C(=O)CSCc1cccc(C)c1. The molecule has 0 fully saturated rings. The van der Waals surface area contributed by atoms with E-state index in [0.717, 1.165) is 12.0 Å². The zero-order valence-electron chi connectivity index (χ0n) is 18.2. The topological polar surface area (TPSA) is 49.4 Å². The largest absolute Gasteiger partial charge is 0.352 e. The Balaban J connectivity index is 2.09. The Morgan fingerprint density at radius 2 is 1.87 bits per heavy atom. The number of hydrogen-bond donors (Lipinski definition) is 1. The van der Waals surface area contributed by atoms with E-state index >= 15 is 0 Å². The third kappa shape index (κ3) is 7.17. The van der Waals surface area contributed by atoms with Crippen molar-refractivity contribution in [1.29, 1.82) is 0 Å². The predicted octanol–water partition coefficient (Wildman–Crippen LogP) is 4.70. The van der Waals surface area contributed by atoms with Gasteiger partial charge in [-0.1, -0.05) is 55.0 Å². The molecule has 162 valence electrons. The molecule has 1 N–H and O–H groups in total. The maximum Gasteiger partial charge on any atom is 0.242 e. The van der Waals surface area contributed by atoms with Gasteiger partial charge < -0.3 is 10.2 Å². The summed E-state index contributed by atoms with van der Waals surface area (Å²) in [6.45, 7) is 7.70. The molecule has 0 bridgehead atoms. The summed E-state index contributed by atoms with van der Waals surface area (Å²) in [5.74, 6) is 0.148. The highest BCUT2D eigenvalue weighted by Crippen LogP contribution is 2.18. The van der Waals surface area contributed by atoms with Gasteiger partial charge in [0.25, 0.3) is 0 Å². The molecule has 0 aromatic heterocycles. The van der Waals surface area contributed by atoms with E-state index in [-0.39, 0.29) is 36.0 Å². The number of carbonyl (C=O) groups is 2. The second kappa shape index (κ2) is 11.7. The minimum atomic E-state index is -0.689. The lowest BCUT2D eigenvalue weighted by molar-refractivity contribution is -0.139. The molecule has 2 aromatic carbocycles. The van der Waals surface area contributed by atoms with E-state index in [1.165, 1.54) is 28.3 Å². The summed E-state index contributed by atoms with van der Waals surface area (Å²) in [7, 11) is 0. The van der Waals surface area contributed by atoms with Gasteiger partial charge in [-0.05, 0) is 38.8 Å². The van der Waals surface area contributed by atoms with Crippen LogP contribution in [0.1, 0.15) is 43.9 Å². The highest BCUT2D eigenvalue weighted by Gasteiger charge is 2.27. The summed E-state index contributed by atoms with van der Waals surface area (Å²) in [6, 6.07) is 13.8. The smallest absolute Gasteiger partial charge is 0.242 e. The van der Waals surface area contributed by atoms with E-state index in [2.05, 4.69) is 11.4 Å². The zero-order valence-corrected chi connectivity index (χ0v) is 19.0. The molecule has 2 rings (SSSR count). The van der Waals surface area contributed by atoms with Crippen LogP contribution in [0.5, 0.6) is 0 Å². The maximum absolute atomic E-state index is 14.2. The molecular formula is C24H31FN2O2S. The molecule has 0 radical (unpaired) electrons. The first-order valence-corrected chi connectivity index (χ1v) is 11.4. The fourth-order valence-corrected chi connectivity index (χ4v) is 3.86. The van der Waals surface area contributed by atoms with Gasteiger partial charge in [-0.25, -0.2) is 4.39 Å². The Morgan fingerprint density at radius 1 is 1.13 bits per heavy atom. The number of rotatable bonds is 10. The lowest BCUT2D eigenvalue weighted by atomic mass is 10.1. The van der Waals surface area contributed by atoms with Crippen LogP contribution in [-0.4, -0.2) is 34.6 Å². The van der Waals surface area contributed by atoms with Gasteiger partial charge in [0, 0.05) is 23.9 Å². The average molecular weight is 431 g/mol. The molecule has 0 aliphatic rings. The number of nitrogens with one attached hydrogen (secondary N) is 1. The summed E-state index contributed by atoms with van der Waals surface area (Å²) in [4.78, 5) is 27.2. The van der Waals surface area contributed by atoms with Gasteiger partial charge in [0.15, 0.2) is 0 Å². The fourth-order valence-electron chi connectivity index (χ4n) is 3.00. The van der Waals surface area contributed by atoms with Crippen molar-refractivity contribution < 1.29 is 14.0 Å². The van der Waals surface area contributed by atoms with Gasteiger partial charge in [0.1, 0.15) is 11.9 Å². The van der Waals surface area contributed by atoms with Crippen LogP contribution in [0.3, 0.4) is 0 Å². The first kappa shape index (κ1) is 23.9. The highest BCUT2D eigenvalue weighted by atomic mass is 32.2. The quantitative estimate of drug-likeness (QED) is 0.594. The molecule has 0 saturated heterocycles. The fraction of sp³-hybridized carbons (Fsp3) is 0.417. The summed E-state index contributed by atoms with van der Waals surface area (Å²) in [5, 5.41) is 2.92. The molecule has 0 aliphatic heterocycles. The number of thioether (sulfide) groups is 1. The zero-order chi connectivity index (χ0) is 22.1. The molecule has 0 heterocycles. The summed E-state index contributed by atoms with van der Waals surface area (Å²) >= 11 is 1.50. The summed E-state index contributed by atoms with van der Waals surface area (Å²) < 4.78 is 14.2. The van der Waals surface area contributed by atoms with Gasteiger partial charge in [-0.3, -0.25) is 9.59 Å². The van der Waals surface area contributed by atoms with E-state index < -0.39 is 6.04 Å². The second-order valence-electron chi connectivity index (χ2n) is 7.59. The monoisotopic (exact) mass is 430 g/mol. The molecule has 30 heavy (non-hydrogen) atoms. The van der Waals surface area contributed by atoms with Crippen LogP contribution in [0, 0.1) is 12.7 Å². The lowest BCUT2D eigenvalue weighted by Gasteiger charge is -2.29. The molecule has 0 saturated carbocycles. The molecule has 0 spiro atoms. The van der Waals surface area contributed by atoms with Crippen molar-refractivity contribution in [3.05, 3.63) is 71.0 Å². The van der Waals surface area contributed by atoms with Crippen molar-refractivity contribution in [2.45, 2.75) is 58.5 Å². The maximum atomic E-state index is 14.2. The molecule has 2 atom stereocenters. The average Bonchev–Trinajstić information content (AvgIpc) is 2.72. The van der Waals surface area contributed by atoms with E-state index in [1.54, 1.807) is 25.1 Å². The Hall–Kier alpha value is -2.34. The number of carbonyl (C=O) groups excluding carboxylic acids is 2. The highest BCUT2D eigenvalue weighted by molar-refractivity contribution is 7.99. The van der Waals surface area contributed by atoms with Crippen molar-refractivity contribution >= 4 is 23.6 Å². The van der Waals surface area contributed by atoms with E-state index in [4.69, 9.17) is 0 Å². The molecule has 4 nitrogen and oxygen atoms in total. The Labute approximate surface area is 183 Å². The number of amides is 2. The Morgan fingerprint density at radius 3 is 2.53 bits per heavy atom. The van der Waals surface area contributed by atoms with Crippen molar-refractivity contribution in [1.82, 2.24) is 10.2 Å². The Bertz CT molecular complexity index is 859. The van der Waals surface area contributed by atoms with Crippen LogP contribution in [-0.2, 0) is 21.9 Å². The lowest BCUT2D eigenvalue weighted by Crippen LogP contribution is -2.50. The van der Waals surface area contributed by atoms with Crippen molar-refractivity contribution in [2.75, 3.05) is 5.75 Å². The number of aryl methyl sites for hydroxylation is 1. The van der Waals surface area contributed by atoms with Crippen molar-refractivity contribution in [2.24, 2.45) is 0 Å². The summed E-state index contributed by atoms with van der Waals surface area (Å²) in [5.41, 5.74) is 2.73. The normalized spacial score (nSPS) is 12.8. The predicted molar refractivity (Wildman–Crippen MR) is 122 cm³/mol. The molecule has 0 aliphatic carbocycles. The number of benzene rings is 2. The van der Waals surface area contributed by atoms with Gasteiger partial charge in [0.05, 0.1) is 5.75 Å². The first-order valence-electron chi connectivity index (χ1n) is 10.3. The van der Waals surface area contributed by atoms with Crippen molar-refractivity contribution in [3.63, 3.8) is 0 Å². The first-order chi connectivity index (χ1) is 14.3. The minimum absolute atomic E-state index is 0.0149. The number of hydrogen-bond acceptors (Lipinski definition) is 3. The molecule has 2 aromatic rings. The van der Waals surface area contributed by atoms with Crippen molar-refractivity contribution in [3.8, 4) is 0 Å².